The molecule has 0 bridgehead atoms. The van der Waals surface area contributed by atoms with Crippen molar-refractivity contribution in [3.8, 4) is 0 Å². The normalized spacial score (nSPS) is 16.5. The Hall–Kier alpha value is -3.26. The molecule has 0 aliphatic carbocycles. The van der Waals surface area contributed by atoms with Gasteiger partial charge >= 0.3 is 0 Å². The second-order valence-corrected chi connectivity index (χ2v) is 8.07. The van der Waals surface area contributed by atoms with Gasteiger partial charge in [0.1, 0.15) is 0 Å². The highest BCUT2D eigenvalue weighted by molar-refractivity contribution is 5.96. The van der Waals surface area contributed by atoms with Gasteiger partial charge in [0.2, 0.25) is 5.91 Å². The SMILES string of the molecule is CC1CCCN(Cc2ccc(CNC(=O)CNC(=O)c3cccc([N+](=O)[O-])c3)cc2)C1. The second kappa shape index (κ2) is 10.7. The summed E-state index contributed by atoms with van der Waals surface area (Å²) in [5, 5.41) is 16.1. The number of nitro groups is 1. The molecular weight excluding hydrogens is 396 g/mol. The van der Waals surface area contributed by atoms with Crippen LogP contribution in [0.5, 0.6) is 0 Å². The average molecular weight is 425 g/mol. The molecule has 31 heavy (non-hydrogen) atoms. The Morgan fingerprint density at radius 2 is 1.87 bits per heavy atom. The summed E-state index contributed by atoms with van der Waals surface area (Å²) in [6, 6.07) is 13.6. The molecule has 0 saturated carbocycles. The van der Waals surface area contributed by atoms with Gasteiger partial charge in [-0.3, -0.25) is 24.6 Å². The van der Waals surface area contributed by atoms with Gasteiger partial charge in [-0.05, 0) is 42.5 Å². The summed E-state index contributed by atoms with van der Waals surface area (Å²) in [5.74, 6) is -0.110. The Morgan fingerprint density at radius 1 is 1.13 bits per heavy atom. The number of nitrogens with one attached hydrogen (secondary N) is 2. The van der Waals surface area contributed by atoms with Gasteiger partial charge in [0.15, 0.2) is 0 Å². The largest absolute Gasteiger partial charge is 0.350 e. The molecule has 8 heteroatoms. The first-order valence-electron chi connectivity index (χ1n) is 10.5. The number of nitrogens with zero attached hydrogens (tertiary/aromatic N) is 2. The van der Waals surface area contributed by atoms with Crippen LogP contribution in [0.25, 0.3) is 0 Å². The quantitative estimate of drug-likeness (QED) is 0.501. The predicted octanol–water partition coefficient (Wildman–Crippen LogP) is 2.87. The maximum atomic E-state index is 12.1. The number of non-ortho nitro benzene ring substituents is 1. The fourth-order valence-electron chi connectivity index (χ4n) is 3.74. The molecule has 2 N–H and O–H groups in total. The lowest BCUT2D eigenvalue weighted by Gasteiger charge is -2.30. The third-order valence-electron chi connectivity index (χ3n) is 5.39. The zero-order valence-electron chi connectivity index (χ0n) is 17.7. The summed E-state index contributed by atoms with van der Waals surface area (Å²) in [4.78, 5) is 36.9. The molecule has 1 fully saturated rings. The number of nitro benzene ring substituents is 1. The van der Waals surface area contributed by atoms with E-state index in [1.807, 2.05) is 12.1 Å². The molecule has 0 radical (unpaired) electrons. The lowest BCUT2D eigenvalue weighted by atomic mass is 9.99. The summed E-state index contributed by atoms with van der Waals surface area (Å²) in [7, 11) is 0. The van der Waals surface area contributed by atoms with Gasteiger partial charge in [0, 0.05) is 37.3 Å². The maximum absolute atomic E-state index is 12.1. The molecule has 164 valence electrons. The lowest BCUT2D eigenvalue weighted by molar-refractivity contribution is -0.384. The van der Waals surface area contributed by atoms with Gasteiger partial charge in [-0.1, -0.05) is 37.3 Å². The van der Waals surface area contributed by atoms with Crippen molar-refractivity contribution in [3.05, 3.63) is 75.3 Å². The third kappa shape index (κ3) is 6.89. The predicted molar refractivity (Wildman–Crippen MR) is 117 cm³/mol. The molecule has 1 atom stereocenters. The molecule has 0 aromatic heterocycles. The number of hydrogen-bond acceptors (Lipinski definition) is 5. The van der Waals surface area contributed by atoms with E-state index in [0.717, 1.165) is 31.1 Å². The van der Waals surface area contributed by atoms with Gasteiger partial charge in [-0.25, -0.2) is 0 Å². The van der Waals surface area contributed by atoms with Gasteiger partial charge in [-0.15, -0.1) is 0 Å². The van der Waals surface area contributed by atoms with E-state index in [-0.39, 0.29) is 23.7 Å². The number of rotatable bonds is 8. The van der Waals surface area contributed by atoms with Crippen LogP contribution in [0.4, 0.5) is 5.69 Å². The highest BCUT2D eigenvalue weighted by Gasteiger charge is 2.16. The highest BCUT2D eigenvalue weighted by Crippen LogP contribution is 2.18. The molecule has 2 aromatic carbocycles. The van der Waals surface area contributed by atoms with Crippen LogP contribution in [-0.2, 0) is 17.9 Å². The number of carbonyl (C=O) groups excluding carboxylic acids is 2. The first kappa shape index (κ1) is 22.4. The van der Waals surface area contributed by atoms with E-state index in [2.05, 4.69) is 34.6 Å². The number of amides is 2. The summed E-state index contributed by atoms with van der Waals surface area (Å²) in [6.07, 6.45) is 2.56. The van der Waals surface area contributed by atoms with Gasteiger partial charge in [0.05, 0.1) is 11.5 Å². The summed E-state index contributed by atoms with van der Waals surface area (Å²) in [6.45, 7) is 5.69. The lowest BCUT2D eigenvalue weighted by Crippen LogP contribution is -2.36. The minimum atomic E-state index is -0.568. The summed E-state index contributed by atoms with van der Waals surface area (Å²) in [5.41, 5.74) is 2.21. The molecule has 1 unspecified atom stereocenters. The van der Waals surface area contributed by atoms with Crippen molar-refractivity contribution in [1.29, 1.82) is 0 Å². The molecule has 1 aliphatic rings. The molecule has 2 amide bonds. The molecule has 2 aromatic rings. The second-order valence-electron chi connectivity index (χ2n) is 8.07. The zero-order chi connectivity index (χ0) is 22.2. The van der Waals surface area contributed by atoms with Crippen LogP contribution < -0.4 is 10.6 Å². The molecule has 8 nitrogen and oxygen atoms in total. The van der Waals surface area contributed by atoms with Crippen LogP contribution in [-0.4, -0.2) is 41.3 Å². The minimum Gasteiger partial charge on any atom is -0.350 e. The van der Waals surface area contributed by atoms with Crippen molar-refractivity contribution < 1.29 is 14.5 Å². The average Bonchev–Trinajstić information content (AvgIpc) is 2.77. The van der Waals surface area contributed by atoms with E-state index >= 15 is 0 Å². The van der Waals surface area contributed by atoms with E-state index in [1.165, 1.54) is 42.7 Å². The highest BCUT2D eigenvalue weighted by atomic mass is 16.6. The number of carbonyl (C=O) groups is 2. The Balaban J connectivity index is 1.41. The van der Waals surface area contributed by atoms with Crippen LogP contribution in [0.3, 0.4) is 0 Å². The number of piperidine rings is 1. The number of hydrogen-bond donors (Lipinski definition) is 2. The van der Waals surface area contributed by atoms with Crippen LogP contribution >= 0.6 is 0 Å². The Kier molecular flexibility index (Phi) is 7.72. The van der Waals surface area contributed by atoms with E-state index < -0.39 is 10.8 Å². The molecular formula is C23H28N4O4. The van der Waals surface area contributed by atoms with Gasteiger partial charge in [-0.2, -0.15) is 0 Å². The number of likely N-dealkylation sites (tertiary alicyclic amines) is 1. The van der Waals surface area contributed by atoms with Gasteiger partial charge < -0.3 is 10.6 Å². The maximum Gasteiger partial charge on any atom is 0.270 e. The van der Waals surface area contributed by atoms with Crippen molar-refractivity contribution in [2.45, 2.75) is 32.9 Å². The summed E-state index contributed by atoms with van der Waals surface area (Å²) >= 11 is 0. The van der Waals surface area contributed by atoms with Crippen LogP contribution in [0, 0.1) is 16.0 Å². The van der Waals surface area contributed by atoms with Crippen LogP contribution in [0.1, 0.15) is 41.3 Å². The topological polar surface area (TPSA) is 105 Å². The van der Waals surface area contributed by atoms with E-state index in [1.54, 1.807) is 0 Å². The molecule has 1 aliphatic heterocycles. The van der Waals surface area contributed by atoms with Crippen molar-refractivity contribution in [1.82, 2.24) is 15.5 Å². The fraction of sp³-hybridized carbons (Fsp3) is 0.391. The first-order chi connectivity index (χ1) is 14.9. The van der Waals surface area contributed by atoms with Crippen LogP contribution in [0.2, 0.25) is 0 Å². The van der Waals surface area contributed by atoms with E-state index in [4.69, 9.17) is 0 Å². The molecule has 1 saturated heterocycles. The minimum absolute atomic E-state index is 0.140. The Morgan fingerprint density at radius 3 is 2.58 bits per heavy atom. The van der Waals surface area contributed by atoms with Gasteiger partial charge in [0.25, 0.3) is 11.6 Å². The third-order valence-corrected chi connectivity index (χ3v) is 5.39. The fourth-order valence-corrected chi connectivity index (χ4v) is 3.74. The standard InChI is InChI=1S/C23H28N4O4/c1-17-4-3-11-26(15-17)16-19-9-7-18(8-10-19)13-24-22(28)14-25-23(29)20-5-2-6-21(12-20)27(30)31/h2,5-10,12,17H,3-4,11,13-16H2,1H3,(H,24,28)(H,25,29). The number of benzene rings is 2. The molecule has 1 heterocycles. The first-order valence-corrected chi connectivity index (χ1v) is 10.5. The van der Waals surface area contributed by atoms with Crippen LogP contribution in [0.15, 0.2) is 48.5 Å². The van der Waals surface area contributed by atoms with E-state index in [9.17, 15) is 19.7 Å². The van der Waals surface area contributed by atoms with Crippen molar-refractivity contribution >= 4 is 17.5 Å². The van der Waals surface area contributed by atoms with Crippen molar-refractivity contribution in [3.63, 3.8) is 0 Å². The molecule has 3 rings (SSSR count). The van der Waals surface area contributed by atoms with Crippen molar-refractivity contribution in [2.24, 2.45) is 5.92 Å². The molecule has 0 spiro atoms. The smallest absolute Gasteiger partial charge is 0.270 e. The monoisotopic (exact) mass is 424 g/mol. The Labute approximate surface area is 181 Å². The summed E-state index contributed by atoms with van der Waals surface area (Å²) < 4.78 is 0. The van der Waals surface area contributed by atoms with E-state index in [0.29, 0.717) is 6.54 Å². The Bertz CT molecular complexity index is 929. The van der Waals surface area contributed by atoms with Crippen molar-refractivity contribution in [2.75, 3.05) is 19.6 Å². The zero-order valence-corrected chi connectivity index (χ0v) is 17.7.